The molecule has 0 saturated carbocycles. The van der Waals surface area contributed by atoms with Crippen LogP contribution < -0.4 is 10.1 Å². The molecule has 0 fully saturated rings. The number of amides is 1. The van der Waals surface area contributed by atoms with E-state index >= 15 is 0 Å². The van der Waals surface area contributed by atoms with Gasteiger partial charge in [-0.2, -0.15) is 5.26 Å². The fourth-order valence-electron chi connectivity index (χ4n) is 2.39. The monoisotopic (exact) mass is 372 g/mol. The summed E-state index contributed by atoms with van der Waals surface area (Å²) in [6.45, 7) is -0.463. The van der Waals surface area contributed by atoms with Gasteiger partial charge in [0.2, 0.25) is 0 Å². The lowest BCUT2D eigenvalue weighted by molar-refractivity contribution is -0.119. The lowest BCUT2D eigenvalue weighted by atomic mass is 10.1. The molecule has 3 aromatic rings. The fraction of sp³-hybridized carbons (Fsp3) is 0.0455. The highest BCUT2D eigenvalue weighted by molar-refractivity contribution is 5.96. The second-order valence-electron chi connectivity index (χ2n) is 5.73. The normalized spacial score (nSPS) is 9.82. The number of hydrogen-bond donors (Lipinski definition) is 1. The molecule has 0 aliphatic rings. The maximum Gasteiger partial charge on any atom is 0.338 e. The van der Waals surface area contributed by atoms with Gasteiger partial charge < -0.3 is 14.8 Å². The highest BCUT2D eigenvalue weighted by atomic mass is 16.5. The second-order valence-corrected chi connectivity index (χ2v) is 5.73. The first-order valence-corrected chi connectivity index (χ1v) is 8.45. The molecule has 6 nitrogen and oxygen atoms in total. The molecule has 0 atom stereocenters. The van der Waals surface area contributed by atoms with Crippen LogP contribution in [0.2, 0.25) is 0 Å². The summed E-state index contributed by atoms with van der Waals surface area (Å²) in [7, 11) is 0. The predicted octanol–water partition coefficient (Wildman–Crippen LogP) is 4.15. The van der Waals surface area contributed by atoms with Crippen LogP contribution in [0, 0.1) is 11.3 Å². The zero-order valence-electron chi connectivity index (χ0n) is 14.8. The van der Waals surface area contributed by atoms with Gasteiger partial charge in [0.15, 0.2) is 12.4 Å². The number of rotatable bonds is 6. The zero-order valence-corrected chi connectivity index (χ0v) is 14.8. The molecule has 3 aromatic carbocycles. The molecule has 6 heteroatoms. The molecule has 0 unspecified atom stereocenters. The Hall–Kier alpha value is -4.11. The average molecular weight is 372 g/mol. The van der Waals surface area contributed by atoms with Crippen molar-refractivity contribution in [2.24, 2.45) is 0 Å². The number of hydrogen-bond acceptors (Lipinski definition) is 5. The summed E-state index contributed by atoms with van der Waals surface area (Å²) in [5.74, 6) is -0.0851. The van der Waals surface area contributed by atoms with E-state index in [1.165, 1.54) is 12.1 Å². The Kier molecular flexibility index (Phi) is 6.01. The van der Waals surface area contributed by atoms with Crippen LogP contribution in [0.1, 0.15) is 15.9 Å². The first-order chi connectivity index (χ1) is 13.7. The molecule has 0 aliphatic carbocycles. The Morgan fingerprint density at radius 2 is 1.68 bits per heavy atom. The zero-order chi connectivity index (χ0) is 19.8. The quantitative estimate of drug-likeness (QED) is 0.657. The third-order valence-corrected chi connectivity index (χ3v) is 3.69. The van der Waals surface area contributed by atoms with Gasteiger partial charge in [0.1, 0.15) is 5.75 Å². The number of ether oxygens (including phenoxy) is 2. The summed E-state index contributed by atoms with van der Waals surface area (Å²) in [5, 5.41) is 11.5. The van der Waals surface area contributed by atoms with Crippen molar-refractivity contribution in [1.82, 2.24) is 0 Å². The van der Waals surface area contributed by atoms with Crippen molar-refractivity contribution in [1.29, 1.82) is 5.26 Å². The van der Waals surface area contributed by atoms with Crippen LogP contribution in [0.25, 0.3) is 0 Å². The van der Waals surface area contributed by atoms with Crippen molar-refractivity contribution in [3.63, 3.8) is 0 Å². The van der Waals surface area contributed by atoms with Gasteiger partial charge in [-0.25, -0.2) is 4.79 Å². The molecule has 1 amide bonds. The molecule has 0 aromatic heterocycles. The van der Waals surface area contributed by atoms with E-state index in [1.807, 2.05) is 24.3 Å². The second kappa shape index (κ2) is 9.01. The van der Waals surface area contributed by atoms with Crippen LogP contribution in [-0.2, 0) is 9.53 Å². The Labute approximate surface area is 161 Å². The van der Waals surface area contributed by atoms with Gasteiger partial charge >= 0.3 is 5.97 Å². The van der Waals surface area contributed by atoms with Gasteiger partial charge in [-0.1, -0.05) is 36.4 Å². The first kappa shape index (κ1) is 18.7. The van der Waals surface area contributed by atoms with Gasteiger partial charge in [0.05, 0.1) is 22.9 Å². The maximum absolute atomic E-state index is 12.2. The molecule has 0 bridgehead atoms. The van der Waals surface area contributed by atoms with E-state index < -0.39 is 18.5 Å². The predicted molar refractivity (Wildman–Crippen MR) is 103 cm³/mol. The summed E-state index contributed by atoms with van der Waals surface area (Å²) >= 11 is 0. The number of nitrogens with one attached hydrogen (secondary N) is 1. The third kappa shape index (κ3) is 4.96. The number of carbonyl (C=O) groups excluding carboxylic acids is 2. The summed E-state index contributed by atoms with van der Waals surface area (Å²) < 4.78 is 10.8. The highest BCUT2D eigenvalue weighted by Gasteiger charge is 2.13. The molecular weight excluding hydrogens is 356 g/mol. The molecule has 0 radical (unpaired) electrons. The SMILES string of the molecule is N#Cc1cccc(C(=O)OCC(=O)Nc2ccccc2Oc2ccccc2)c1. The minimum absolute atomic E-state index is 0.208. The van der Waals surface area contributed by atoms with Gasteiger partial charge in [-0.3, -0.25) is 4.79 Å². The number of anilines is 1. The summed E-state index contributed by atoms with van der Waals surface area (Å²) in [6.07, 6.45) is 0. The van der Waals surface area contributed by atoms with Crippen LogP contribution in [0.4, 0.5) is 5.69 Å². The van der Waals surface area contributed by atoms with Crippen molar-refractivity contribution >= 4 is 17.6 Å². The molecule has 0 spiro atoms. The molecule has 3 rings (SSSR count). The minimum Gasteiger partial charge on any atom is -0.455 e. The molecule has 28 heavy (non-hydrogen) atoms. The first-order valence-electron chi connectivity index (χ1n) is 8.45. The van der Waals surface area contributed by atoms with Crippen molar-refractivity contribution in [3.8, 4) is 17.6 Å². The molecule has 0 heterocycles. The smallest absolute Gasteiger partial charge is 0.338 e. The van der Waals surface area contributed by atoms with Crippen LogP contribution in [0.15, 0.2) is 78.9 Å². The van der Waals surface area contributed by atoms with E-state index in [9.17, 15) is 9.59 Å². The molecule has 138 valence electrons. The third-order valence-electron chi connectivity index (χ3n) is 3.69. The van der Waals surface area contributed by atoms with Gasteiger partial charge in [-0.15, -0.1) is 0 Å². The fourth-order valence-corrected chi connectivity index (χ4v) is 2.39. The number of nitrogens with zero attached hydrogens (tertiary/aromatic N) is 1. The average Bonchev–Trinajstić information content (AvgIpc) is 2.74. The standard InChI is InChI=1S/C22H16N2O4/c23-14-16-7-6-8-17(13-16)22(26)27-15-21(25)24-19-11-4-5-12-20(19)28-18-9-2-1-3-10-18/h1-13H,15H2,(H,24,25). The van der Waals surface area contributed by atoms with E-state index in [1.54, 1.807) is 48.5 Å². The van der Waals surface area contributed by atoms with E-state index in [0.717, 1.165) is 0 Å². The largest absolute Gasteiger partial charge is 0.455 e. The topological polar surface area (TPSA) is 88.4 Å². The van der Waals surface area contributed by atoms with Crippen LogP contribution >= 0.6 is 0 Å². The Morgan fingerprint density at radius 3 is 2.46 bits per heavy atom. The summed E-state index contributed by atoms with van der Waals surface area (Å²) in [4.78, 5) is 24.2. The van der Waals surface area contributed by atoms with Crippen LogP contribution in [0.5, 0.6) is 11.5 Å². The Balaban J connectivity index is 1.61. The molecular formula is C22H16N2O4. The molecule has 0 saturated heterocycles. The number of carbonyl (C=O) groups is 2. The molecule has 1 N–H and O–H groups in total. The Morgan fingerprint density at radius 1 is 0.929 bits per heavy atom. The highest BCUT2D eigenvalue weighted by Crippen LogP contribution is 2.29. The Bertz CT molecular complexity index is 1030. The summed E-state index contributed by atoms with van der Waals surface area (Å²) in [5.41, 5.74) is 1.00. The van der Waals surface area contributed by atoms with E-state index in [0.29, 0.717) is 22.7 Å². The van der Waals surface area contributed by atoms with E-state index in [4.69, 9.17) is 14.7 Å². The lowest BCUT2D eigenvalue weighted by Gasteiger charge is -2.12. The van der Waals surface area contributed by atoms with E-state index in [2.05, 4.69) is 5.32 Å². The lowest BCUT2D eigenvalue weighted by Crippen LogP contribution is -2.21. The van der Waals surface area contributed by atoms with Crippen LogP contribution in [-0.4, -0.2) is 18.5 Å². The van der Waals surface area contributed by atoms with Crippen molar-refractivity contribution in [2.45, 2.75) is 0 Å². The van der Waals surface area contributed by atoms with Gasteiger partial charge in [0.25, 0.3) is 5.91 Å². The minimum atomic E-state index is -0.680. The van der Waals surface area contributed by atoms with Crippen molar-refractivity contribution in [3.05, 3.63) is 90.0 Å². The number of benzene rings is 3. The van der Waals surface area contributed by atoms with E-state index in [-0.39, 0.29) is 5.56 Å². The maximum atomic E-state index is 12.2. The van der Waals surface area contributed by atoms with Gasteiger partial charge in [0, 0.05) is 0 Å². The van der Waals surface area contributed by atoms with Crippen molar-refractivity contribution < 1.29 is 19.1 Å². The van der Waals surface area contributed by atoms with Gasteiger partial charge in [-0.05, 0) is 42.5 Å². The summed E-state index contributed by atoms with van der Waals surface area (Å²) in [6, 6.07) is 24.1. The number of para-hydroxylation sites is 3. The van der Waals surface area contributed by atoms with Crippen LogP contribution in [0.3, 0.4) is 0 Å². The van der Waals surface area contributed by atoms with Crippen molar-refractivity contribution in [2.75, 3.05) is 11.9 Å². The number of esters is 1. The number of nitriles is 1. The molecule has 0 aliphatic heterocycles.